The smallest absolute Gasteiger partial charge is 0.253 e. The van der Waals surface area contributed by atoms with Crippen LogP contribution in [0.5, 0.6) is 0 Å². The number of hydrogen-bond donors (Lipinski definition) is 1. The van der Waals surface area contributed by atoms with Crippen molar-refractivity contribution in [3.8, 4) is 11.3 Å². The van der Waals surface area contributed by atoms with E-state index in [0.29, 0.717) is 34.8 Å². The summed E-state index contributed by atoms with van der Waals surface area (Å²) in [6.07, 6.45) is 4.74. The lowest BCUT2D eigenvalue weighted by atomic mass is 9.95. The minimum Gasteiger partial charge on any atom is -0.342 e. The van der Waals surface area contributed by atoms with Gasteiger partial charge in [0, 0.05) is 52.1 Å². The summed E-state index contributed by atoms with van der Waals surface area (Å²) < 4.78 is 38.1. The Bertz CT molecular complexity index is 1090. The first-order chi connectivity index (χ1) is 14.4. The van der Waals surface area contributed by atoms with Crippen LogP contribution in [-0.4, -0.2) is 44.3 Å². The molecule has 0 aliphatic carbocycles. The van der Waals surface area contributed by atoms with Gasteiger partial charge in [0.15, 0.2) is 11.6 Å². The Morgan fingerprint density at radius 1 is 1.10 bits per heavy atom. The minimum atomic E-state index is -1.07. The van der Waals surface area contributed by atoms with Crippen molar-refractivity contribution < 1.29 is 17.8 Å². The molecule has 1 N–H and O–H groups in total. The average molecular weight is 429 g/mol. The molecule has 1 aromatic heterocycles. The van der Waals surface area contributed by atoms with Crippen molar-refractivity contribution in [2.45, 2.75) is 23.7 Å². The summed E-state index contributed by atoms with van der Waals surface area (Å²) in [5.74, 6) is -0.861. The van der Waals surface area contributed by atoms with Gasteiger partial charge in [0.1, 0.15) is 5.82 Å². The number of amides is 1. The number of carbonyl (C=O) groups is 1. The van der Waals surface area contributed by atoms with Crippen LogP contribution in [0, 0.1) is 11.6 Å². The van der Waals surface area contributed by atoms with Crippen LogP contribution < -0.4 is 0 Å². The molecule has 30 heavy (non-hydrogen) atoms. The second-order valence-corrected chi connectivity index (χ2v) is 8.74. The number of H-pyrrole nitrogens is 1. The van der Waals surface area contributed by atoms with Gasteiger partial charge in [-0.05, 0) is 55.3 Å². The summed E-state index contributed by atoms with van der Waals surface area (Å²) in [4.78, 5) is 22.9. The van der Waals surface area contributed by atoms with Crippen molar-refractivity contribution >= 4 is 16.7 Å². The summed E-state index contributed by atoms with van der Waals surface area (Å²) in [6.45, 7) is 1.21. The summed E-state index contributed by atoms with van der Waals surface area (Å²) in [5, 5.41) is 0. The Labute approximate surface area is 175 Å². The van der Waals surface area contributed by atoms with E-state index < -0.39 is 22.4 Å². The molecular formula is C22H21F2N3O2S. The van der Waals surface area contributed by atoms with E-state index in [2.05, 4.69) is 9.97 Å². The molecule has 5 nitrogen and oxygen atoms in total. The van der Waals surface area contributed by atoms with Crippen molar-refractivity contribution in [2.24, 2.45) is 0 Å². The normalized spacial score (nSPS) is 15.9. The number of halogens is 2. The van der Waals surface area contributed by atoms with Crippen LogP contribution in [-0.2, 0) is 10.8 Å². The van der Waals surface area contributed by atoms with E-state index in [-0.39, 0.29) is 11.8 Å². The Morgan fingerprint density at radius 3 is 2.43 bits per heavy atom. The van der Waals surface area contributed by atoms with Crippen LogP contribution in [0.4, 0.5) is 8.78 Å². The predicted molar refractivity (Wildman–Crippen MR) is 111 cm³/mol. The van der Waals surface area contributed by atoms with Gasteiger partial charge >= 0.3 is 0 Å². The van der Waals surface area contributed by atoms with Crippen LogP contribution >= 0.6 is 0 Å². The number of imidazole rings is 1. The lowest BCUT2D eigenvalue weighted by Gasteiger charge is -2.31. The van der Waals surface area contributed by atoms with Crippen molar-refractivity contribution in [1.82, 2.24) is 14.9 Å². The Kier molecular flexibility index (Phi) is 5.76. The zero-order chi connectivity index (χ0) is 21.3. The first kappa shape index (κ1) is 20.4. The van der Waals surface area contributed by atoms with Gasteiger partial charge in [-0.15, -0.1) is 0 Å². The molecule has 8 heteroatoms. The molecule has 1 aliphatic rings. The molecule has 1 aliphatic heterocycles. The molecule has 0 bridgehead atoms. The van der Waals surface area contributed by atoms with Gasteiger partial charge < -0.3 is 9.88 Å². The van der Waals surface area contributed by atoms with Crippen molar-refractivity contribution in [1.29, 1.82) is 0 Å². The molecule has 2 aromatic carbocycles. The highest BCUT2D eigenvalue weighted by Crippen LogP contribution is 2.29. The van der Waals surface area contributed by atoms with E-state index in [4.69, 9.17) is 0 Å². The number of aromatic amines is 1. The molecule has 0 spiro atoms. The molecule has 1 saturated heterocycles. The third kappa shape index (κ3) is 4.18. The summed E-state index contributed by atoms with van der Waals surface area (Å²) in [6, 6.07) is 10.6. The molecule has 1 amide bonds. The summed E-state index contributed by atoms with van der Waals surface area (Å²) in [5.41, 5.74) is 1.76. The number of nitrogens with zero attached hydrogens (tertiary/aromatic N) is 2. The molecule has 0 saturated carbocycles. The second-order valence-electron chi connectivity index (χ2n) is 7.36. The first-order valence-corrected chi connectivity index (χ1v) is 11.2. The van der Waals surface area contributed by atoms with Crippen molar-refractivity contribution in [3.63, 3.8) is 0 Å². The third-order valence-electron chi connectivity index (χ3n) is 5.43. The monoisotopic (exact) mass is 429 g/mol. The zero-order valence-electron chi connectivity index (χ0n) is 16.4. The largest absolute Gasteiger partial charge is 0.342 e. The lowest BCUT2D eigenvalue weighted by molar-refractivity contribution is 0.0711. The molecular weight excluding hydrogens is 408 g/mol. The number of rotatable bonds is 4. The number of piperidine rings is 1. The molecule has 1 unspecified atom stereocenters. The standard InChI is InChI=1S/C22H21F2N3O2S/c1-30(29)17-5-2-15(3-6-17)22(28)27-10-8-14(9-11-27)21-25-13-20(26-21)16-4-7-18(23)19(24)12-16/h2-7,12-14H,8-11H2,1H3,(H,25,26). The number of hydrogen-bond acceptors (Lipinski definition) is 3. The Balaban J connectivity index is 1.40. The van der Waals surface area contributed by atoms with Crippen LogP contribution in [0.25, 0.3) is 11.3 Å². The maximum Gasteiger partial charge on any atom is 0.253 e. The van der Waals surface area contributed by atoms with Gasteiger partial charge in [0.2, 0.25) is 0 Å². The second kappa shape index (κ2) is 8.47. The first-order valence-electron chi connectivity index (χ1n) is 9.65. The molecule has 1 fully saturated rings. The molecule has 156 valence electrons. The molecule has 4 rings (SSSR count). The van der Waals surface area contributed by atoms with E-state index in [0.717, 1.165) is 30.8 Å². The highest BCUT2D eigenvalue weighted by Gasteiger charge is 2.26. The maximum absolute atomic E-state index is 13.5. The Hall–Kier alpha value is -2.87. The molecule has 2 heterocycles. The molecule has 1 atom stereocenters. The van der Waals surface area contributed by atoms with Crippen LogP contribution in [0.2, 0.25) is 0 Å². The fraction of sp³-hybridized carbons (Fsp3) is 0.273. The van der Waals surface area contributed by atoms with Crippen molar-refractivity contribution in [2.75, 3.05) is 19.3 Å². The number of nitrogens with one attached hydrogen (secondary N) is 1. The topological polar surface area (TPSA) is 66.1 Å². The predicted octanol–water partition coefficient (Wildman–Crippen LogP) is 4.11. The van der Waals surface area contributed by atoms with Crippen molar-refractivity contribution in [3.05, 3.63) is 71.7 Å². The molecule has 3 aromatic rings. The quantitative estimate of drug-likeness (QED) is 0.679. The average Bonchev–Trinajstić information content (AvgIpc) is 3.25. The van der Waals surface area contributed by atoms with Gasteiger partial charge in [0.25, 0.3) is 5.91 Å². The summed E-state index contributed by atoms with van der Waals surface area (Å²) >= 11 is 0. The number of benzene rings is 2. The Morgan fingerprint density at radius 2 is 1.80 bits per heavy atom. The van der Waals surface area contributed by atoms with E-state index in [1.165, 1.54) is 6.07 Å². The number of likely N-dealkylation sites (tertiary alicyclic amines) is 1. The minimum absolute atomic E-state index is 0.0381. The van der Waals surface area contributed by atoms with Gasteiger partial charge in [-0.1, -0.05) is 0 Å². The van der Waals surface area contributed by atoms with Gasteiger partial charge in [-0.3, -0.25) is 9.00 Å². The highest BCUT2D eigenvalue weighted by molar-refractivity contribution is 7.84. The summed E-state index contributed by atoms with van der Waals surface area (Å²) in [7, 11) is -1.07. The highest BCUT2D eigenvalue weighted by atomic mass is 32.2. The molecule has 0 radical (unpaired) electrons. The lowest BCUT2D eigenvalue weighted by Crippen LogP contribution is -2.38. The van der Waals surface area contributed by atoms with E-state index in [9.17, 15) is 17.8 Å². The van der Waals surface area contributed by atoms with Gasteiger partial charge in [-0.2, -0.15) is 0 Å². The SMILES string of the molecule is CS(=O)c1ccc(C(=O)N2CCC(c3ncc(-c4ccc(F)c(F)c4)[nH]3)CC2)cc1. The van der Waals surface area contributed by atoms with Crippen LogP contribution in [0.15, 0.2) is 53.6 Å². The van der Waals surface area contributed by atoms with Crippen LogP contribution in [0.1, 0.15) is 34.9 Å². The maximum atomic E-state index is 13.5. The zero-order valence-corrected chi connectivity index (χ0v) is 17.2. The van der Waals surface area contributed by atoms with Gasteiger partial charge in [0.05, 0.1) is 11.9 Å². The van der Waals surface area contributed by atoms with E-state index in [1.807, 2.05) is 4.90 Å². The van der Waals surface area contributed by atoms with E-state index >= 15 is 0 Å². The van der Waals surface area contributed by atoms with Crippen LogP contribution in [0.3, 0.4) is 0 Å². The van der Waals surface area contributed by atoms with Gasteiger partial charge in [-0.25, -0.2) is 13.8 Å². The number of carbonyl (C=O) groups excluding carboxylic acids is 1. The number of aromatic nitrogens is 2. The fourth-order valence-corrected chi connectivity index (χ4v) is 4.20. The van der Waals surface area contributed by atoms with E-state index in [1.54, 1.807) is 36.7 Å². The fourth-order valence-electron chi connectivity index (χ4n) is 3.68. The third-order valence-corrected chi connectivity index (χ3v) is 6.36.